The Morgan fingerprint density at radius 1 is 1.47 bits per heavy atom. The summed E-state index contributed by atoms with van der Waals surface area (Å²) < 4.78 is 0. The molecular weight excluding hydrogens is 218 g/mol. The van der Waals surface area contributed by atoms with Crippen LogP contribution in [0.25, 0.3) is 0 Å². The van der Waals surface area contributed by atoms with Crippen molar-refractivity contribution < 1.29 is 4.79 Å². The smallest absolute Gasteiger partial charge is 0.271 e. The fourth-order valence-electron chi connectivity index (χ4n) is 2.26. The van der Waals surface area contributed by atoms with Gasteiger partial charge < -0.3 is 5.32 Å². The molecule has 2 N–H and O–H groups in total. The predicted octanol–water partition coefficient (Wildman–Crippen LogP) is 1.08. The van der Waals surface area contributed by atoms with Gasteiger partial charge in [-0.25, -0.2) is 5.10 Å². The fourth-order valence-corrected chi connectivity index (χ4v) is 2.26. The molecule has 1 aliphatic rings. The molecule has 1 aliphatic carbocycles. The fraction of sp³-hybridized carbons (Fsp3) is 0.583. The van der Waals surface area contributed by atoms with Gasteiger partial charge in [-0.3, -0.25) is 9.59 Å². The Labute approximate surface area is 99.6 Å². The minimum Gasteiger partial charge on any atom is -0.350 e. The zero-order valence-corrected chi connectivity index (χ0v) is 9.95. The predicted molar refractivity (Wildman–Crippen MR) is 63.8 cm³/mol. The maximum atomic E-state index is 11.8. The van der Waals surface area contributed by atoms with Crippen LogP contribution in [0.2, 0.25) is 0 Å². The summed E-state index contributed by atoms with van der Waals surface area (Å²) in [7, 11) is 0. The molecule has 92 valence electrons. The largest absolute Gasteiger partial charge is 0.350 e. The third kappa shape index (κ3) is 2.93. The minimum atomic E-state index is -0.302. The van der Waals surface area contributed by atoms with Crippen LogP contribution in [0.15, 0.2) is 16.9 Å². The third-order valence-electron chi connectivity index (χ3n) is 3.40. The van der Waals surface area contributed by atoms with E-state index in [2.05, 4.69) is 22.4 Å². The van der Waals surface area contributed by atoms with Gasteiger partial charge in [0, 0.05) is 12.6 Å². The second kappa shape index (κ2) is 4.69. The molecule has 0 unspecified atom stereocenters. The van der Waals surface area contributed by atoms with Gasteiger partial charge in [-0.05, 0) is 24.3 Å². The molecule has 1 amide bonds. The highest BCUT2D eigenvalue weighted by atomic mass is 16.2. The van der Waals surface area contributed by atoms with Crippen molar-refractivity contribution in [3.8, 4) is 0 Å². The molecule has 1 saturated carbocycles. The SMILES string of the molecule is CC1(CNC(=O)c2ccc(=O)[nH]n2)CCCC1. The summed E-state index contributed by atoms with van der Waals surface area (Å²) in [6.45, 7) is 2.87. The van der Waals surface area contributed by atoms with E-state index in [0.29, 0.717) is 6.54 Å². The molecule has 17 heavy (non-hydrogen) atoms. The molecule has 1 aromatic heterocycles. The number of rotatable bonds is 3. The number of aromatic amines is 1. The first-order valence-electron chi connectivity index (χ1n) is 5.93. The Kier molecular flexibility index (Phi) is 3.26. The monoisotopic (exact) mass is 235 g/mol. The third-order valence-corrected chi connectivity index (χ3v) is 3.40. The van der Waals surface area contributed by atoms with E-state index in [-0.39, 0.29) is 22.6 Å². The first-order chi connectivity index (χ1) is 8.09. The van der Waals surface area contributed by atoms with Gasteiger partial charge in [-0.1, -0.05) is 19.8 Å². The van der Waals surface area contributed by atoms with Crippen molar-refractivity contribution in [1.82, 2.24) is 15.5 Å². The van der Waals surface area contributed by atoms with Crippen molar-refractivity contribution in [3.63, 3.8) is 0 Å². The van der Waals surface area contributed by atoms with Gasteiger partial charge in [0.25, 0.3) is 11.5 Å². The quantitative estimate of drug-likeness (QED) is 0.823. The maximum absolute atomic E-state index is 11.8. The van der Waals surface area contributed by atoms with Gasteiger partial charge in [0.15, 0.2) is 0 Å². The van der Waals surface area contributed by atoms with Crippen molar-refractivity contribution in [2.45, 2.75) is 32.6 Å². The summed E-state index contributed by atoms with van der Waals surface area (Å²) in [6.07, 6.45) is 4.80. The maximum Gasteiger partial charge on any atom is 0.271 e. The van der Waals surface area contributed by atoms with E-state index < -0.39 is 0 Å². The number of carbonyl (C=O) groups is 1. The molecule has 0 saturated heterocycles. The lowest BCUT2D eigenvalue weighted by Crippen LogP contribution is -2.34. The van der Waals surface area contributed by atoms with Crippen LogP contribution in [0.4, 0.5) is 0 Å². The lowest BCUT2D eigenvalue weighted by Gasteiger charge is -2.23. The second-order valence-electron chi connectivity index (χ2n) is 5.01. The number of nitrogens with zero attached hydrogens (tertiary/aromatic N) is 1. The number of nitrogens with one attached hydrogen (secondary N) is 2. The summed E-state index contributed by atoms with van der Waals surface area (Å²) in [4.78, 5) is 22.6. The topological polar surface area (TPSA) is 74.8 Å². The lowest BCUT2D eigenvalue weighted by molar-refractivity contribution is 0.0928. The van der Waals surface area contributed by atoms with Crippen molar-refractivity contribution >= 4 is 5.91 Å². The van der Waals surface area contributed by atoms with Crippen LogP contribution in [-0.4, -0.2) is 22.6 Å². The average molecular weight is 235 g/mol. The number of aromatic nitrogens is 2. The van der Waals surface area contributed by atoms with Crippen molar-refractivity contribution in [2.75, 3.05) is 6.54 Å². The Morgan fingerprint density at radius 2 is 2.18 bits per heavy atom. The summed E-state index contributed by atoms with van der Waals surface area (Å²) in [5, 5.41) is 8.83. The van der Waals surface area contributed by atoms with E-state index in [4.69, 9.17) is 0 Å². The van der Waals surface area contributed by atoms with E-state index >= 15 is 0 Å². The van der Waals surface area contributed by atoms with Crippen LogP contribution in [0, 0.1) is 5.41 Å². The summed E-state index contributed by atoms with van der Waals surface area (Å²) in [5.41, 5.74) is 0.174. The van der Waals surface area contributed by atoms with Crippen LogP contribution in [-0.2, 0) is 0 Å². The van der Waals surface area contributed by atoms with Crippen LogP contribution >= 0.6 is 0 Å². The molecule has 2 rings (SSSR count). The summed E-state index contributed by atoms with van der Waals surface area (Å²) in [6, 6.07) is 2.74. The Balaban J connectivity index is 1.93. The van der Waals surface area contributed by atoms with Gasteiger partial charge in [-0.15, -0.1) is 0 Å². The van der Waals surface area contributed by atoms with Gasteiger partial charge in [-0.2, -0.15) is 5.10 Å². The molecule has 5 heteroatoms. The molecule has 1 fully saturated rings. The standard InChI is InChI=1S/C12H17N3O2/c1-12(6-2-3-7-12)8-13-11(17)9-4-5-10(16)15-14-9/h4-5H,2-3,6-8H2,1H3,(H,13,17)(H,15,16). The molecule has 1 heterocycles. The van der Waals surface area contributed by atoms with Crippen molar-refractivity contribution in [1.29, 1.82) is 0 Å². The average Bonchev–Trinajstić information content (AvgIpc) is 2.75. The summed E-state index contributed by atoms with van der Waals surface area (Å²) in [5.74, 6) is -0.227. The van der Waals surface area contributed by atoms with Gasteiger partial charge >= 0.3 is 0 Å². The molecule has 5 nitrogen and oxygen atoms in total. The van der Waals surface area contributed by atoms with E-state index in [1.54, 1.807) is 0 Å². The molecular formula is C12H17N3O2. The van der Waals surface area contributed by atoms with Crippen molar-refractivity contribution in [3.05, 3.63) is 28.2 Å². The highest BCUT2D eigenvalue weighted by Gasteiger charge is 2.29. The first-order valence-corrected chi connectivity index (χ1v) is 5.93. The minimum absolute atomic E-state index is 0.220. The Bertz CT molecular complexity index is 441. The number of hydrogen-bond donors (Lipinski definition) is 2. The van der Waals surface area contributed by atoms with E-state index in [1.807, 2.05) is 0 Å². The zero-order chi connectivity index (χ0) is 12.3. The molecule has 0 aliphatic heterocycles. The van der Waals surface area contributed by atoms with Gasteiger partial charge in [0.05, 0.1) is 0 Å². The number of hydrogen-bond acceptors (Lipinski definition) is 3. The van der Waals surface area contributed by atoms with Gasteiger partial charge in [0.2, 0.25) is 0 Å². The van der Waals surface area contributed by atoms with Crippen molar-refractivity contribution in [2.24, 2.45) is 5.41 Å². The van der Waals surface area contributed by atoms with Crippen LogP contribution in [0.5, 0.6) is 0 Å². The Morgan fingerprint density at radius 3 is 2.76 bits per heavy atom. The first kappa shape index (κ1) is 11.8. The molecule has 0 radical (unpaired) electrons. The molecule has 0 atom stereocenters. The lowest BCUT2D eigenvalue weighted by atomic mass is 9.89. The normalized spacial score (nSPS) is 17.9. The molecule has 0 bridgehead atoms. The van der Waals surface area contributed by atoms with E-state index in [9.17, 15) is 9.59 Å². The number of carbonyl (C=O) groups excluding carboxylic acids is 1. The Hall–Kier alpha value is -1.65. The molecule has 1 aromatic rings. The van der Waals surface area contributed by atoms with Crippen LogP contribution < -0.4 is 10.9 Å². The number of amides is 1. The highest BCUT2D eigenvalue weighted by molar-refractivity contribution is 5.91. The highest BCUT2D eigenvalue weighted by Crippen LogP contribution is 2.36. The van der Waals surface area contributed by atoms with Crippen LogP contribution in [0.1, 0.15) is 43.1 Å². The van der Waals surface area contributed by atoms with Gasteiger partial charge in [0.1, 0.15) is 5.69 Å². The number of H-pyrrole nitrogens is 1. The zero-order valence-electron chi connectivity index (χ0n) is 9.95. The molecule has 0 spiro atoms. The van der Waals surface area contributed by atoms with E-state index in [0.717, 1.165) is 12.8 Å². The van der Waals surface area contributed by atoms with E-state index in [1.165, 1.54) is 25.0 Å². The summed E-state index contributed by atoms with van der Waals surface area (Å²) >= 11 is 0. The second-order valence-corrected chi connectivity index (χ2v) is 5.01. The molecule has 0 aromatic carbocycles. The van der Waals surface area contributed by atoms with Crippen LogP contribution in [0.3, 0.4) is 0 Å².